The number of nitriles is 1. The topological polar surface area (TPSA) is 39.1 Å². The van der Waals surface area contributed by atoms with Crippen LogP contribution in [0.25, 0.3) is 0 Å². The maximum Gasteiger partial charge on any atom is 0.0643 e. The van der Waals surface area contributed by atoms with Crippen LogP contribution in [0.1, 0.15) is 19.8 Å². The summed E-state index contributed by atoms with van der Waals surface area (Å²) in [5.74, 6) is 0. The molecule has 18 heavy (non-hydrogen) atoms. The Kier molecular flexibility index (Phi) is 4.46. The van der Waals surface area contributed by atoms with Crippen molar-refractivity contribution in [3.05, 3.63) is 29.3 Å². The third kappa shape index (κ3) is 3.16. The van der Waals surface area contributed by atoms with Gasteiger partial charge in [-0.25, -0.2) is 0 Å². The Morgan fingerprint density at radius 1 is 1.56 bits per heavy atom. The highest BCUT2D eigenvalue weighted by atomic mass is 35.5. The number of anilines is 1. The lowest BCUT2D eigenvalue weighted by atomic mass is 10.1. The van der Waals surface area contributed by atoms with Crippen molar-refractivity contribution in [2.75, 3.05) is 18.0 Å². The maximum absolute atomic E-state index is 8.97. The Balaban J connectivity index is 2.23. The van der Waals surface area contributed by atoms with Gasteiger partial charge in [-0.1, -0.05) is 17.7 Å². The van der Waals surface area contributed by atoms with E-state index in [0.29, 0.717) is 12.5 Å². The second kappa shape index (κ2) is 6.08. The summed E-state index contributed by atoms with van der Waals surface area (Å²) in [4.78, 5) is 2.30. The highest BCUT2D eigenvalue weighted by molar-refractivity contribution is 6.30. The molecule has 4 heteroatoms. The third-order valence-corrected chi connectivity index (χ3v) is 3.65. The first-order valence-electron chi connectivity index (χ1n) is 6.33. The van der Waals surface area contributed by atoms with E-state index in [0.717, 1.165) is 30.2 Å². The molecule has 0 amide bonds. The van der Waals surface area contributed by atoms with Gasteiger partial charge in [0, 0.05) is 29.8 Å². The Morgan fingerprint density at radius 2 is 2.39 bits per heavy atom. The summed E-state index contributed by atoms with van der Waals surface area (Å²) in [5.41, 5.74) is 1.11. The highest BCUT2D eigenvalue weighted by Gasteiger charge is 2.23. The zero-order valence-corrected chi connectivity index (χ0v) is 11.3. The van der Waals surface area contributed by atoms with Crippen molar-refractivity contribution in [1.82, 2.24) is 5.32 Å². The normalized spacial score (nSPS) is 24.4. The van der Waals surface area contributed by atoms with Crippen molar-refractivity contribution in [3.8, 4) is 6.07 Å². The molecule has 0 saturated carbocycles. The van der Waals surface area contributed by atoms with Crippen molar-refractivity contribution in [2.45, 2.75) is 31.8 Å². The van der Waals surface area contributed by atoms with E-state index < -0.39 is 0 Å². The Hall–Kier alpha value is -1.24. The predicted octanol–water partition coefficient (Wildman–Crippen LogP) is 2.81. The molecule has 2 rings (SSSR count). The fourth-order valence-corrected chi connectivity index (χ4v) is 2.53. The van der Waals surface area contributed by atoms with E-state index in [9.17, 15) is 0 Å². The largest absolute Gasteiger partial charge is 0.366 e. The minimum atomic E-state index is 0.221. The summed E-state index contributed by atoms with van der Waals surface area (Å²) in [6.07, 6.45) is 1.61. The van der Waals surface area contributed by atoms with E-state index in [1.54, 1.807) is 0 Å². The first-order valence-corrected chi connectivity index (χ1v) is 6.71. The van der Waals surface area contributed by atoms with E-state index >= 15 is 0 Å². The SMILES string of the molecule is CC1CCN(c2cccc(Cl)c2)C(CC#N)CN1. The van der Waals surface area contributed by atoms with Crippen LogP contribution >= 0.6 is 11.6 Å². The molecule has 1 heterocycles. The number of benzene rings is 1. The summed E-state index contributed by atoms with van der Waals surface area (Å²) < 4.78 is 0. The molecule has 1 fully saturated rings. The van der Waals surface area contributed by atoms with Crippen molar-refractivity contribution in [3.63, 3.8) is 0 Å². The number of nitrogens with zero attached hydrogens (tertiary/aromatic N) is 2. The number of hydrogen-bond donors (Lipinski definition) is 1. The summed E-state index contributed by atoms with van der Waals surface area (Å²) >= 11 is 6.05. The zero-order chi connectivity index (χ0) is 13.0. The molecule has 0 bridgehead atoms. The Bertz CT molecular complexity index is 441. The van der Waals surface area contributed by atoms with Crippen LogP contribution in [-0.4, -0.2) is 25.2 Å². The van der Waals surface area contributed by atoms with Gasteiger partial charge < -0.3 is 10.2 Å². The number of halogens is 1. The van der Waals surface area contributed by atoms with Gasteiger partial charge in [0.25, 0.3) is 0 Å². The minimum absolute atomic E-state index is 0.221. The van der Waals surface area contributed by atoms with Gasteiger partial charge in [-0.15, -0.1) is 0 Å². The Labute approximate surface area is 113 Å². The van der Waals surface area contributed by atoms with Crippen LogP contribution < -0.4 is 10.2 Å². The monoisotopic (exact) mass is 263 g/mol. The molecule has 1 aliphatic rings. The standard InChI is InChI=1S/C14H18ClN3/c1-11-6-8-18(14(5-7-16)10-17-11)13-4-2-3-12(15)9-13/h2-4,9,11,14,17H,5-6,8,10H2,1H3. The molecule has 2 unspecified atom stereocenters. The summed E-state index contributed by atoms with van der Waals surface area (Å²) in [6, 6.07) is 10.9. The average Bonchev–Trinajstić information content (AvgIpc) is 2.53. The van der Waals surface area contributed by atoms with Gasteiger partial charge >= 0.3 is 0 Å². The average molecular weight is 264 g/mol. The lowest BCUT2D eigenvalue weighted by Crippen LogP contribution is -2.40. The van der Waals surface area contributed by atoms with Crippen LogP contribution in [0, 0.1) is 11.3 Å². The van der Waals surface area contributed by atoms with Gasteiger partial charge in [0.15, 0.2) is 0 Å². The number of nitrogens with one attached hydrogen (secondary N) is 1. The van der Waals surface area contributed by atoms with Gasteiger partial charge in [-0.2, -0.15) is 5.26 Å². The maximum atomic E-state index is 8.97. The molecule has 0 aliphatic carbocycles. The number of hydrogen-bond acceptors (Lipinski definition) is 3. The van der Waals surface area contributed by atoms with Crippen molar-refractivity contribution >= 4 is 17.3 Å². The zero-order valence-electron chi connectivity index (χ0n) is 10.6. The van der Waals surface area contributed by atoms with Crippen molar-refractivity contribution in [2.24, 2.45) is 0 Å². The minimum Gasteiger partial charge on any atom is -0.366 e. The molecule has 1 aromatic carbocycles. The summed E-state index contributed by atoms with van der Waals surface area (Å²) in [6.45, 7) is 3.99. The van der Waals surface area contributed by atoms with E-state index in [4.69, 9.17) is 16.9 Å². The molecule has 96 valence electrons. The molecule has 1 saturated heterocycles. The van der Waals surface area contributed by atoms with Gasteiger partial charge in [0.1, 0.15) is 0 Å². The molecule has 1 aromatic rings. The van der Waals surface area contributed by atoms with Crippen LogP contribution in [0.4, 0.5) is 5.69 Å². The van der Waals surface area contributed by atoms with Gasteiger partial charge in [0.2, 0.25) is 0 Å². The van der Waals surface area contributed by atoms with Crippen LogP contribution in [0.3, 0.4) is 0 Å². The highest BCUT2D eigenvalue weighted by Crippen LogP contribution is 2.24. The molecule has 1 aliphatic heterocycles. The molecular weight excluding hydrogens is 246 g/mol. The molecule has 2 atom stereocenters. The summed E-state index contributed by atoms with van der Waals surface area (Å²) in [7, 11) is 0. The molecule has 0 spiro atoms. The van der Waals surface area contributed by atoms with E-state index in [-0.39, 0.29) is 6.04 Å². The van der Waals surface area contributed by atoms with E-state index in [1.165, 1.54) is 0 Å². The molecule has 0 aromatic heterocycles. The first kappa shape index (κ1) is 13.2. The van der Waals surface area contributed by atoms with Gasteiger partial charge in [-0.05, 0) is 31.5 Å². The molecule has 3 nitrogen and oxygen atoms in total. The van der Waals surface area contributed by atoms with Gasteiger partial charge in [0.05, 0.1) is 18.5 Å². The number of rotatable bonds is 2. The van der Waals surface area contributed by atoms with E-state index in [1.807, 2.05) is 18.2 Å². The van der Waals surface area contributed by atoms with Crippen LogP contribution in [-0.2, 0) is 0 Å². The fraction of sp³-hybridized carbons (Fsp3) is 0.500. The molecule has 0 radical (unpaired) electrons. The van der Waals surface area contributed by atoms with Crippen LogP contribution in [0.2, 0.25) is 5.02 Å². The molecule has 1 N–H and O–H groups in total. The fourth-order valence-electron chi connectivity index (χ4n) is 2.35. The second-order valence-corrected chi connectivity index (χ2v) is 5.22. The van der Waals surface area contributed by atoms with Crippen molar-refractivity contribution in [1.29, 1.82) is 5.26 Å². The first-order chi connectivity index (χ1) is 8.70. The smallest absolute Gasteiger partial charge is 0.0643 e. The van der Waals surface area contributed by atoms with Crippen molar-refractivity contribution < 1.29 is 0 Å². The lowest BCUT2D eigenvalue weighted by molar-refractivity contribution is 0.538. The quantitative estimate of drug-likeness (QED) is 0.892. The Morgan fingerprint density at radius 3 is 3.11 bits per heavy atom. The van der Waals surface area contributed by atoms with Crippen LogP contribution in [0.5, 0.6) is 0 Å². The lowest BCUT2D eigenvalue weighted by Gasteiger charge is -2.30. The second-order valence-electron chi connectivity index (χ2n) is 4.79. The third-order valence-electron chi connectivity index (χ3n) is 3.41. The van der Waals surface area contributed by atoms with E-state index in [2.05, 4.69) is 29.3 Å². The summed E-state index contributed by atoms with van der Waals surface area (Å²) in [5, 5.41) is 13.2. The molecular formula is C14H18ClN3. The predicted molar refractivity (Wildman–Crippen MR) is 74.9 cm³/mol. The van der Waals surface area contributed by atoms with Crippen LogP contribution in [0.15, 0.2) is 24.3 Å². The van der Waals surface area contributed by atoms with Gasteiger partial charge in [-0.3, -0.25) is 0 Å².